The highest BCUT2D eigenvalue weighted by Crippen LogP contribution is 2.49. The Morgan fingerprint density at radius 3 is 2.70 bits per heavy atom. The Kier molecular flexibility index (Phi) is 3.92. The second kappa shape index (κ2) is 5.76. The summed E-state index contributed by atoms with van der Waals surface area (Å²) >= 11 is 0. The topological polar surface area (TPSA) is 76.1 Å². The van der Waals surface area contributed by atoms with Crippen LogP contribution < -0.4 is 9.47 Å². The molecule has 1 heterocycles. The summed E-state index contributed by atoms with van der Waals surface area (Å²) in [5.74, 6) is 0.1000. The fraction of sp³-hybridized carbons (Fsp3) is 0.529. The van der Waals surface area contributed by atoms with Crippen LogP contribution in [-0.2, 0) is 4.79 Å². The molecule has 6 heteroatoms. The van der Waals surface area contributed by atoms with E-state index >= 15 is 0 Å². The zero-order chi connectivity index (χ0) is 16.6. The predicted octanol–water partition coefficient (Wildman–Crippen LogP) is 2.03. The lowest BCUT2D eigenvalue weighted by atomic mass is 9.81. The van der Waals surface area contributed by atoms with Crippen LogP contribution >= 0.6 is 0 Å². The Labute approximate surface area is 135 Å². The molecule has 2 aliphatic rings. The number of ether oxygens (including phenoxy) is 2. The third-order valence-corrected chi connectivity index (χ3v) is 5.22. The van der Waals surface area contributed by atoms with Gasteiger partial charge in [0, 0.05) is 13.1 Å². The summed E-state index contributed by atoms with van der Waals surface area (Å²) in [5.41, 5.74) is -0.366. The van der Waals surface area contributed by atoms with Gasteiger partial charge in [-0.25, -0.2) is 0 Å². The predicted molar refractivity (Wildman–Crippen MR) is 82.9 cm³/mol. The summed E-state index contributed by atoms with van der Waals surface area (Å²) in [5, 5.41) is 9.64. The molecule has 2 fully saturated rings. The second-order valence-electron chi connectivity index (χ2n) is 6.30. The van der Waals surface area contributed by atoms with Crippen LogP contribution in [0.4, 0.5) is 0 Å². The molecule has 1 N–H and O–H groups in total. The van der Waals surface area contributed by atoms with E-state index in [1.807, 2.05) is 0 Å². The first kappa shape index (κ1) is 15.6. The monoisotopic (exact) mass is 319 g/mol. The van der Waals surface area contributed by atoms with Gasteiger partial charge in [-0.05, 0) is 37.0 Å². The largest absolute Gasteiger partial charge is 0.497 e. The maximum atomic E-state index is 12.9. The van der Waals surface area contributed by atoms with Gasteiger partial charge >= 0.3 is 5.97 Å². The molecule has 0 radical (unpaired) electrons. The number of fused-ring (bicyclic) bond motifs is 1. The highest BCUT2D eigenvalue weighted by molar-refractivity contribution is 5.98. The van der Waals surface area contributed by atoms with E-state index in [1.165, 1.54) is 14.2 Å². The molecule has 6 nitrogen and oxygen atoms in total. The number of likely N-dealkylation sites (tertiary alicyclic amines) is 1. The lowest BCUT2D eigenvalue weighted by Gasteiger charge is -2.23. The summed E-state index contributed by atoms with van der Waals surface area (Å²) in [7, 11) is 3.05. The van der Waals surface area contributed by atoms with E-state index in [1.54, 1.807) is 23.1 Å². The van der Waals surface area contributed by atoms with E-state index in [4.69, 9.17) is 9.47 Å². The van der Waals surface area contributed by atoms with Crippen LogP contribution in [-0.4, -0.2) is 49.2 Å². The number of carboxylic acids is 1. The van der Waals surface area contributed by atoms with Crippen molar-refractivity contribution in [2.75, 3.05) is 27.3 Å². The minimum atomic E-state index is -0.784. The van der Waals surface area contributed by atoms with Crippen molar-refractivity contribution in [3.8, 4) is 11.5 Å². The van der Waals surface area contributed by atoms with Gasteiger partial charge in [0.25, 0.3) is 5.91 Å². The van der Waals surface area contributed by atoms with E-state index in [0.29, 0.717) is 30.0 Å². The van der Waals surface area contributed by atoms with Crippen molar-refractivity contribution in [2.45, 2.75) is 19.3 Å². The van der Waals surface area contributed by atoms with Crippen LogP contribution in [0.15, 0.2) is 18.2 Å². The molecule has 0 aromatic heterocycles. The van der Waals surface area contributed by atoms with Gasteiger partial charge in [-0.1, -0.05) is 6.42 Å². The Bertz CT molecular complexity index is 644. The molecule has 0 unspecified atom stereocenters. The molecule has 2 atom stereocenters. The van der Waals surface area contributed by atoms with Gasteiger partial charge < -0.3 is 19.5 Å². The third kappa shape index (κ3) is 2.42. The molecular formula is C17H21NO5. The van der Waals surface area contributed by atoms with Gasteiger partial charge in [0.2, 0.25) is 0 Å². The van der Waals surface area contributed by atoms with Gasteiger partial charge in [-0.2, -0.15) is 0 Å². The van der Waals surface area contributed by atoms with Crippen molar-refractivity contribution in [1.82, 2.24) is 4.90 Å². The molecule has 1 saturated carbocycles. The Morgan fingerprint density at radius 1 is 1.30 bits per heavy atom. The van der Waals surface area contributed by atoms with Crippen molar-refractivity contribution < 1.29 is 24.2 Å². The quantitative estimate of drug-likeness (QED) is 0.919. The second-order valence-corrected chi connectivity index (χ2v) is 6.30. The van der Waals surface area contributed by atoms with Gasteiger partial charge in [-0.15, -0.1) is 0 Å². The van der Waals surface area contributed by atoms with E-state index in [2.05, 4.69) is 0 Å². The first-order chi connectivity index (χ1) is 11.0. The number of benzene rings is 1. The van der Waals surface area contributed by atoms with Crippen molar-refractivity contribution in [3.63, 3.8) is 0 Å². The molecule has 1 aliphatic heterocycles. The zero-order valence-electron chi connectivity index (χ0n) is 13.4. The number of methoxy groups -OCH3 is 2. The van der Waals surface area contributed by atoms with E-state index in [-0.39, 0.29) is 18.4 Å². The van der Waals surface area contributed by atoms with Crippen LogP contribution in [0, 0.1) is 11.3 Å². The molecule has 3 rings (SSSR count). The molecule has 23 heavy (non-hydrogen) atoms. The van der Waals surface area contributed by atoms with Gasteiger partial charge in [-0.3, -0.25) is 9.59 Å². The number of carboxylic acid groups (broad SMARTS) is 1. The maximum absolute atomic E-state index is 12.9. The lowest BCUT2D eigenvalue weighted by molar-refractivity contribution is -0.149. The van der Waals surface area contributed by atoms with Crippen molar-refractivity contribution in [2.24, 2.45) is 11.3 Å². The van der Waals surface area contributed by atoms with Crippen LogP contribution in [0.3, 0.4) is 0 Å². The Hall–Kier alpha value is -2.24. The van der Waals surface area contributed by atoms with Crippen molar-refractivity contribution in [1.29, 1.82) is 0 Å². The van der Waals surface area contributed by atoms with Crippen LogP contribution in [0.2, 0.25) is 0 Å². The minimum Gasteiger partial charge on any atom is -0.497 e. The van der Waals surface area contributed by atoms with Crippen LogP contribution in [0.1, 0.15) is 29.6 Å². The zero-order valence-corrected chi connectivity index (χ0v) is 13.4. The average Bonchev–Trinajstić information content (AvgIpc) is 3.11. The molecular weight excluding hydrogens is 298 g/mol. The number of amides is 1. The number of hydrogen-bond acceptors (Lipinski definition) is 4. The van der Waals surface area contributed by atoms with Crippen LogP contribution in [0.5, 0.6) is 11.5 Å². The molecule has 1 amide bonds. The Balaban J connectivity index is 1.89. The summed E-state index contributed by atoms with van der Waals surface area (Å²) < 4.78 is 10.5. The lowest BCUT2D eigenvalue weighted by Crippen LogP contribution is -2.37. The summed E-state index contributed by atoms with van der Waals surface area (Å²) in [6, 6.07) is 5.06. The van der Waals surface area contributed by atoms with Crippen LogP contribution in [0.25, 0.3) is 0 Å². The maximum Gasteiger partial charge on any atom is 0.311 e. The number of nitrogens with zero attached hydrogens (tertiary/aromatic N) is 1. The van der Waals surface area contributed by atoms with Crippen molar-refractivity contribution in [3.05, 3.63) is 23.8 Å². The number of rotatable bonds is 4. The average molecular weight is 319 g/mol. The normalized spacial score (nSPS) is 26.0. The minimum absolute atomic E-state index is 0.0422. The molecule has 1 saturated heterocycles. The smallest absolute Gasteiger partial charge is 0.311 e. The molecule has 1 aliphatic carbocycles. The molecule has 0 spiro atoms. The standard InChI is InChI=1S/C17H21NO5/c1-22-12-5-6-14(23-2)13(8-12)15(19)18-9-11-4-3-7-17(11,10-18)16(20)21/h5-6,8,11H,3-4,7,9-10H2,1-2H3,(H,20,21)/t11-,17+/m0/s1. The Morgan fingerprint density at radius 2 is 2.09 bits per heavy atom. The fourth-order valence-electron chi connectivity index (χ4n) is 3.95. The first-order valence-corrected chi connectivity index (χ1v) is 7.76. The molecule has 0 bridgehead atoms. The SMILES string of the molecule is COc1ccc(OC)c(C(=O)N2C[C@@H]3CCC[C@@]3(C(=O)O)C2)c1. The number of hydrogen-bond donors (Lipinski definition) is 1. The van der Waals surface area contributed by atoms with E-state index < -0.39 is 11.4 Å². The number of carbonyl (C=O) groups excluding carboxylic acids is 1. The summed E-state index contributed by atoms with van der Waals surface area (Å²) in [6.07, 6.45) is 2.43. The fourth-order valence-corrected chi connectivity index (χ4v) is 3.95. The van der Waals surface area contributed by atoms with Gasteiger partial charge in [0.1, 0.15) is 11.5 Å². The van der Waals surface area contributed by atoms with Gasteiger partial charge in [0.05, 0.1) is 25.2 Å². The highest BCUT2D eigenvalue weighted by Gasteiger charge is 2.55. The molecule has 1 aromatic carbocycles. The molecule has 124 valence electrons. The highest BCUT2D eigenvalue weighted by atomic mass is 16.5. The van der Waals surface area contributed by atoms with Gasteiger partial charge in [0.15, 0.2) is 0 Å². The summed E-state index contributed by atoms with van der Waals surface area (Å²) in [4.78, 5) is 26.3. The summed E-state index contributed by atoms with van der Waals surface area (Å²) in [6.45, 7) is 0.762. The third-order valence-electron chi connectivity index (χ3n) is 5.22. The van der Waals surface area contributed by atoms with Crippen molar-refractivity contribution >= 4 is 11.9 Å². The first-order valence-electron chi connectivity index (χ1n) is 7.76. The van der Waals surface area contributed by atoms with E-state index in [9.17, 15) is 14.7 Å². The molecule has 1 aromatic rings. The number of carbonyl (C=O) groups is 2. The van der Waals surface area contributed by atoms with E-state index in [0.717, 1.165) is 12.8 Å². The number of aliphatic carboxylic acids is 1.